The van der Waals surface area contributed by atoms with Crippen molar-refractivity contribution in [1.29, 1.82) is 0 Å². The van der Waals surface area contributed by atoms with Gasteiger partial charge in [-0.2, -0.15) is 0 Å². The number of rotatable bonds is 7. The van der Waals surface area contributed by atoms with E-state index < -0.39 is 0 Å². The molecule has 0 unspecified atom stereocenters. The molecule has 4 rings (SSSR count). The van der Waals surface area contributed by atoms with Crippen LogP contribution < -0.4 is 5.56 Å². The third-order valence-electron chi connectivity index (χ3n) is 5.32. The number of aromatic nitrogens is 5. The molecule has 0 aliphatic carbocycles. The Morgan fingerprint density at radius 2 is 1.57 bits per heavy atom. The minimum absolute atomic E-state index is 0.00811. The number of hydrogen-bond donors (Lipinski definition) is 0. The standard InChI is InChI=1S/C22H27N5O/c1-4-6-7-10-14-27-20-18(22(28)26(13-5-2)15(3)23-20)19-21(27)25-17-12-9-8-11-16(17)24-19/h8-9,11-12H,4-7,10,13-14H2,1-3H3. The van der Waals surface area contributed by atoms with Crippen LogP contribution in [-0.2, 0) is 13.1 Å². The Morgan fingerprint density at radius 1 is 0.821 bits per heavy atom. The van der Waals surface area contributed by atoms with E-state index in [0.29, 0.717) is 17.4 Å². The summed E-state index contributed by atoms with van der Waals surface area (Å²) in [6, 6.07) is 7.82. The van der Waals surface area contributed by atoms with Gasteiger partial charge in [-0.1, -0.05) is 45.2 Å². The Bertz CT molecular complexity index is 1200. The number of unbranched alkanes of at least 4 members (excludes halogenated alkanes) is 3. The van der Waals surface area contributed by atoms with Gasteiger partial charge in [0, 0.05) is 13.1 Å². The van der Waals surface area contributed by atoms with Gasteiger partial charge in [0.15, 0.2) is 11.3 Å². The van der Waals surface area contributed by atoms with Crippen molar-refractivity contribution in [2.45, 2.75) is 66.0 Å². The van der Waals surface area contributed by atoms with E-state index in [2.05, 4.69) is 18.4 Å². The molecule has 4 aromatic rings. The van der Waals surface area contributed by atoms with Crippen LogP contribution in [0.1, 0.15) is 51.8 Å². The van der Waals surface area contributed by atoms with Gasteiger partial charge >= 0.3 is 0 Å². The van der Waals surface area contributed by atoms with Gasteiger partial charge in [0.25, 0.3) is 5.56 Å². The molecule has 146 valence electrons. The fourth-order valence-electron chi connectivity index (χ4n) is 3.89. The van der Waals surface area contributed by atoms with E-state index in [1.54, 1.807) is 4.57 Å². The summed E-state index contributed by atoms with van der Waals surface area (Å²) in [6.07, 6.45) is 5.49. The first-order chi connectivity index (χ1) is 13.7. The fraction of sp³-hybridized carbons (Fsp3) is 0.455. The van der Waals surface area contributed by atoms with Crippen LogP contribution in [0.25, 0.3) is 33.2 Å². The minimum Gasteiger partial charge on any atom is -0.308 e. The SMILES string of the molecule is CCCCCCn1c2nc3ccccc3nc2c2c(=O)n(CCC)c(C)nc21. The highest BCUT2D eigenvalue weighted by atomic mass is 16.1. The molecule has 0 saturated carbocycles. The summed E-state index contributed by atoms with van der Waals surface area (Å²) in [6.45, 7) is 7.65. The van der Waals surface area contributed by atoms with Gasteiger partial charge in [0.1, 0.15) is 16.7 Å². The Balaban J connectivity index is 2.02. The Kier molecular flexibility index (Phi) is 5.11. The molecule has 0 aliphatic rings. The first-order valence-corrected chi connectivity index (χ1v) is 10.3. The van der Waals surface area contributed by atoms with Crippen molar-refractivity contribution in [3.8, 4) is 0 Å². The van der Waals surface area contributed by atoms with E-state index >= 15 is 0 Å². The smallest absolute Gasteiger partial charge is 0.265 e. The zero-order chi connectivity index (χ0) is 19.7. The average Bonchev–Trinajstić information content (AvgIpc) is 2.99. The molecule has 0 atom stereocenters. The molecular weight excluding hydrogens is 350 g/mol. The molecule has 3 aromatic heterocycles. The fourth-order valence-corrected chi connectivity index (χ4v) is 3.89. The van der Waals surface area contributed by atoms with E-state index in [-0.39, 0.29) is 5.56 Å². The average molecular weight is 377 g/mol. The third kappa shape index (κ3) is 3.07. The van der Waals surface area contributed by atoms with E-state index in [0.717, 1.165) is 54.0 Å². The van der Waals surface area contributed by atoms with Crippen LogP contribution in [0.2, 0.25) is 0 Å². The van der Waals surface area contributed by atoms with Crippen LogP contribution in [-0.4, -0.2) is 24.1 Å². The number of nitrogens with zero attached hydrogens (tertiary/aromatic N) is 5. The van der Waals surface area contributed by atoms with Gasteiger partial charge in [0.05, 0.1) is 11.0 Å². The van der Waals surface area contributed by atoms with Crippen LogP contribution in [0.15, 0.2) is 29.1 Å². The molecule has 0 radical (unpaired) electrons. The molecular formula is C22H27N5O. The second kappa shape index (κ2) is 7.70. The quantitative estimate of drug-likeness (QED) is 0.442. The molecule has 0 fully saturated rings. The molecule has 0 aliphatic heterocycles. The van der Waals surface area contributed by atoms with Crippen molar-refractivity contribution < 1.29 is 0 Å². The summed E-state index contributed by atoms with van der Waals surface area (Å²) in [4.78, 5) is 27.8. The summed E-state index contributed by atoms with van der Waals surface area (Å²) in [5.74, 6) is 0.751. The number of para-hydroxylation sites is 2. The normalized spacial score (nSPS) is 11.8. The molecule has 1 aromatic carbocycles. The Labute approximate surface area is 164 Å². The van der Waals surface area contributed by atoms with Crippen LogP contribution >= 0.6 is 0 Å². The molecule has 0 saturated heterocycles. The number of benzene rings is 1. The van der Waals surface area contributed by atoms with Gasteiger partial charge in [-0.3, -0.25) is 9.36 Å². The van der Waals surface area contributed by atoms with Crippen molar-refractivity contribution in [2.24, 2.45) is 0 Å². The molecule has 6 nitrogen and oxygen atoms in total. The van der Waals surface area contributed by atoms with Crippen molar-refractivity contribution >= 4 is 33.2 Å². The molecule has 28 heavy (non-hydrogen) atoms. The lowest BCUT2D eigenvalue weighted by Crippen LogP contribution is -2.24. The lowest BCUT2D eigenvalue weighted by atomic mass is 10.2. The molecule has 6 heteroatoms. The predicted octanol–water partition coefficient (Wildman–Crippen LogP) is 4.59. The minimum atomic E-state index is -0.00811. The van der Waals surface area contributed by atoms with E-state index in [1.165, 1.54) is 12.8 Å². The van der Waals surface area contributed by atoms with Crippen molar-refractivity contribution in [2.75, 3.05) is 0 Å². The monoisotopic (exact) mass is 377 g/mol. The van der Waals surface area contributed by atoms with Gasteiger partial charge in [-0.15, -0.1) is 0 Å². The zero-order valence-corrected chi connectivity index (χ0v) is 16.9. The molecule has 0 bridgehead atoms. The van der Waals surface area contributed by atoms with Gasteiger partial charge < -0.3 is 4.57 Å². The maximum absolute atomic E-state index is 13.3. The lowest BCUT2D eigenvalue weighted by Gasteiger charge is -2.09. The molecule has 0 amide bonds. The highest BCUT2D eigenvalue weighted by molar-refractivity contribution is 6.04. The summed E-state index contributed by atoms with van der Waals surface area (Å²) in [5.41, 5.74) is 3.80. The number of hydrogen-bond acceptors (Lipinski definition) is 4. The Hall–Kier alpha value is -2.76. The number of aryl methyl sites for hydroxylation is 2. The summed E-state index contributed by atoms with van der Waals surface area (Å²) in [5, 5.41) is 0.600. The first-order valence-electron chi connectivity index (χ1n) is 10.3. The summed E-state index contributed by atoms with van der Waals surface area (Å²) < 4.78 is 3.87. The third-order valence-corrected chi connectivity index (χ3v) is 5.32. The topological polar surface area (TPSA) is 65.6 Å². The lowest BCUT2D eigenvalue weighted by molar-refractivity contribution is 0.593. The highest BCUT2D eigenvalue weighted by Crippen LogP contribution is 2.26. The maximum Gasteiger partial charge on any atom is 0.265 e. The second-order valence-corrected chi connectivity index (χ2v) is 7.41. The van der Waals surface area contributed by atoms with Gasteiger partial charge in [-0.25, -0.2) is 15.0 Å². The summed E-state index contributed by atoms with van der Waals surface area (Å²) in [7, 11) is 0. The van der Waals surface area contributed by atoms with Gasteiger partial charge in [0.2, 0.25) is 0 Å². The largest absolute Gasteiger partial charge is 0.308 e. The van der Waals surface area contributed by atoms with Crippen LogP contribution in [0, 0.1) is 6.92 Å². The van der Waals surface area contributed by atoms with E-state index in [4.69, 9.17) is 15.0 Å². The van der Waals surface area contributed by atoms with Crippen LogP contribution in [0.3, 0.4) is 0 Å². The van der Waals surface area contributed by atoms with Crippen molar-refractivity contribution in [3.63, 3.8) is 0 Å². The molecule has 0 N–H and O–H groups in total. The van der Waals surface area contributed by atoms with Crippen LogP contribution in [0.4, 0.5) is 0 Å². The van der Waals surface area contributed by atoms with Gasteiger partial charge in [-0.05, 0) is 31.9 Å². The zero-order valence-electron chi connectivity index (χ0n) is 16.9. The van der Waals surface area contributed by atoms with Crippen molar-refractivity contribution in [3.05, 3.63) is 40.4 Å². The predicted molar refractivity (Wildman–Crippen MR) is 114 cm³/mol. The van der Waals surface area contributed by atoms with E-state index in [9.17, 15) is 4.79 Å². The summed E-state index contributed by atoms with van der Waals surface area (Å²) >= 11 is 0. The maximum atomic E-state index is 13.3. The first kappa shape index (κ1) is 18.6. The van der Waals surface area contributed by atoms with E-state index in [1.807, 2.05) is 31.2 Å². The van der Waals surface area contributed by atoms with Crippen molar-refractivity contribution in [1.82, 2.24) is 24.1 Å². The Morgan fingerprint density at radius 3 is 2.29 bits per heavy atom. The molecule has 0 spiro atoms. The highest BCUT2D eigenvalue weighted by Gasteiger charge is 2.20. The number of fused-ring (bicyclic) bond motifs is 4. The molecule has 3 heterocycles. The second-order valence-electron chi connectivity index (χ2n) is 7.41. The van der Waals surface area contributed by atoms with Crippen LogP contribution in [0.5, 0.6) is 0 Å².